The number of nitrogens with one attached hydrogen (secondary N) is 1. The molecule has 5 nitrogen and oxygen atoms in total. The van der Waals surface area contributed by atoms with Gasteiger partial charge in [-0.1, -0.05) is 0 Å². The number of carbonyl (C=O) groups excluding carboxylic acids is 1. The third-order valence-corrected chi connectivity index (χ3v) is 1.96. The molecule has 1 amide bonds. The van der Waals surface area contributed by atoms with Gasteiger partial charge in [-0.3, -0.25) is 4.79 Å². The Bertz CT molecular complexity index is 392. The van der Waals surface area contributed by atoms with Gasteiger partial charge in [0.05, 0.1) is 12.3 Å². The van der Waals surface area contributed by atoms with Crippen LogP contribution >= 0.6 is 0 Å². The van der Waals surface area contributed by atoms with Gasteiger partial charge in [-0.25, -0.2) is 4.98 Å². The quantitative estimate of drug-likeness (QED) is 0.810. The van der Waals surface area contributed by atoms with Gasteiger partial charge in [0.15, 0.2) is 0 Å². The van der Waals surface area contributed by atoms with Crippen molar-refractivity contribution in [3.8, 4) is 6.07 Å². The van der Waals surface area contributed by atoms with Crippen LogP contribution in [0.25, 0.3) is 0 Å². The summed E-state index contributed by atoms with van der Waals surface area (Å²) in [6, 6.07) is 1.55. The molecule has 1 aromatic rings. The minimum atomic E-state index is -0.663. The third-order valence-electron chi connectivity index (χ3n) is 1.96. The van der Waals surface area contributed by atoms with E-state index in [0.29, 0.717) is 11.7 Å². The number of amides is 1. The minimum absolute atomic E-state index is 0.318. The van der Waals surface area contributed by atoms with Crippen LogP contribution in [-0.4, -0.2) is 10.9 Å². The number of aryl methyl sites for hydroxylation is 1. The Morgan fingerprint density at radius 1 is 1.67 bits per heavy atom. The molecule has 1 aromatic heterocycles. The molecular formula is C10H13N3O2. The maximum atomic E-state index is 11.4. The van der Waals surface area contributed by atoms with Crippen molar-refractivity contribution in [1.82, 2.24) is 10.3 Å². The highest BCUT2D eigenvalue weighted by molar-refractivity contribution is 5.80. The number of oxazole rings is 1. The number of nitrogens with zero attached hydrogens (tertiary/aromatic N) is 2. The molecule has 0 aliphatic rings. The molecule has 2 unspecified atom stereocenters. The van der Waals surface area contributed by atoms with E-state index in [1.807, 2.05) is 6.07 Å². The zero-order valence-electron chi connectivity index (χ0n) is 8.94. The zero-order valence-corrected chi connectivity index (χ0v) is 8.94. The molecule has 0 aliphatic carbocycles. The fourth-order valence-corrected chi connectivity index (χ4v) is 1.03. The van der Waals surface area contributed by atoms with Crippen LogP contribution in [0.3, 0.4) is 0 Å². The minimum Gasteiger partial charge on any atom is -0.444 e. The SMILES string of the molecule is Cc1cnc(C(C)NC(=O)C(C)C#N)o1. The Morgan fingerprint density at radius 2 is 2.33 bits per heavy atom. The lowest BCUT2D eigenvalue weighted by molar-refractivity contribution is -0.123. The van der Waals surface area contributed by atoms with E-state index in [1.165, 1.54) is 0 Å². The Kier molecular flexibility index (Phi) is 3.45. The summed E-state index contributed by atoms with van der Waals surface area (Å²) in [5.74, 6) is 0.162. The van der Waals surface area contributed by atoms with Crippen molar-refractivity contribution in [1.29, 1.82) is 5.26 Å². The molecule has 5 heteroatoms. The summed E-state index contributed by atoms with van der Waals surface area (Å²) in [5, 5.41) is 11.2. The van der Waals surface area contributed by atoms with Crippen LogP contribution in [0, 0.1) is 24.2 Å². The van der Waals surface area contributed by atoms with E-state index in [-0.39, 0.29) is 11.9 Å². The van der Waals surface area contributed by atoms with Crippen molar-refractivity contribution in [3.05, 3.63) is 17.8 Å². The Hall–Kier alpha value is -1.83. The molecule has 1 rings (SSSR count). The molecule has 0 radical (unpaired) electrons. The summed E-state index contributed by atoms with van der Waals surface area (Å²) in [5.41, 5.74) is 0. The first kappa shape index (κ1) is 11.2. The van der Waals surface area contributed by atoms with Gasteiger partial charge in [0, 0.05) is 0 Å². The zero-order chi connectivity index (χ0) is 11.4. The first-order chi connectivity index (χ1) is 7.04. The van der Waals surface area contributed by atoms with Crippen molar-refractivity contribution in [2.45, 2.75) is 26.8 Å². The summed E-state index contributed by atoms with van der Waals surface area (Å²) in [6.07, 6.45) is 1.59. The number of rotatable bonds is 3. The molecule has 1 N–H and O–H groups in total. The normalized spacial score (nSPS) is 14.0. The van der Waals surface area contributed by atoms with Crippen LogP contribution in [0.5, 0.6) is 0 Å². The standard InChI is InChI=1S/C10H13N3O2/c1-6(4-11)9(14)13-8(3)10-12-5-7(2)15-10/h5-6,8H,1-3H3,(H,13,14). The molecule has 0 aromatic carbocycles. The number of aromatic nitrogens is 1. The Balaban J connectivity index is 2.61. The van der Waals surface area contributed by atoms with Gasteiger partial charge >= 0.3 is 0 Å². The highest BCUT2D eigenvalue weighted by Gasteiger charge is 2.18. The molecule has 0 aliphatic heterocycles. The fraction of sp³-hybridized carbons (Fsp3) is 0.500. The monoisotopic (exact) mass is 207 g/mol. The first-order valence-electron chi connectivity index (χ1n) is 4.67. The average Bonchev–Trinajstić information content (AvgIpc) is 2.63. The van der Waals surface area contributed by atoms with Crippen LogP contribution in [0.2, 0.25) is 0 Å². The maximum absolute atomic E-state index is 11.4. The van der Waals surface area contributed by atoms with Crippen LogP contribution in [0.1, 0.15) is 31.5 Å². The molecule has 80 valence electrons. The summed E-state index contributed by atoms with van der Waals surface area (Å²) in [4.78, 5) is 15.4. The molecule has 0 saturated heterocycles. The first-order valence-corrected chi connectivity index (χ1v) is 4.67. The number of carbonyl (C=O) groups is 1. The predicted octanol–water partition coefficient (Wildman–Crippen LogP) is 1.32. The third kappa shape index (κ3) is 2.81. The lowest BCUT2D eigenvalue weighted by Crippen LogP contribution is -2.31. The second-order valence-corrected chi connectivity index (χ2v) is 3.39. The van der Waals surface area contributed by atoms with Crippen molar-refractivity contribution in [2.75, 3.05) is 0 Å². The van der Waals surface area contributed by atoms with Gasteiger partial charge in [-0.05, 0) is 20.8 Å². The molecular weight excluding hydrogens is 194 g/mol. The van der Waals surface area contributed by atoms with E-state index < -0.39 is 5.92 Å². The smallest absolute Gasteiger partial charge is 0.237 e. The second-order valence-electron chi connectivity index (χ2n) is 3.39. The molecule has 0 fully saturated rings. The molecule has 0 spiro atoms. The molecule has 0 bridgehead atoms. The predicted molar refractivity (Wildman–Crippen MR) is 52.6 cm³/mol. The second kappa shape index (κ2) is 4.60. The van der Waals surface area contributed by atoms with E-state index in [4.69, 9.17) is 9.68 Å². The fourth-order valence-electron chi connectivity index (χ4n) is 1.03. The summed E-state index contributed by atoms with van der Waals surface area (Å²) < 4.78 is 5.25. The van der Waals surface area contributed by atoms with Crippen molar-refractivity contribution in [2.24, 2.45) is 5.92 Å². The summed E-state index contributed by atoms with van der Waals surface area (Å²) in [6.45, 7) is 5.08. The van der Waals surface area contributed by atoms with Crippen LogP contribution in [0.15, 0.2) is 10.6 Å². The highest BCUT2D eigenvalue weighted by atomic mass is 16.4. The van der Waals surface area contributed by atoms with Crippen molar-refractivity contribution in [3.63, 3.8) is 0 Å². The van der Waals surface area contributed by atoms with E-state index in [1.54, 1.807) is 27.0 Å². The molecule has 2 atom stereocenters. The van der Waals surface area contributed by atoms with Crippen LogP contribution in [-0.2, 0) is 4.79 Å². The van der Waals surface area contributed by atoms with Gasteiger partial charge in [0.2, 0.25) is 11.8 Å². The van der Waals surface area contributed by atoms with Gasteiger partial charge in [0.25, 0.3) is 0 Å². The van der Waals surface area contributed by atoms with Crippen molar-refractivity contribution < 1.29 is 9.21 Å². The number of nitriles is 1. The van der Waals surface area contributed by atoms with Crippen LogP contribution in [0.4, 0.5) is 0 Å². The van der Waals surface area contributed by atoms with E-state index in [2.05, 4.69) is 10.3 Å². The largest absolute Gasteiger partial charge is 0.444 e. The molecule has 0 saturated carbocycles. The highest BCUT2D eigenvalue weighted by Crippen LogP contribution is 2.12. The number of hydrogen-bond acceptors (Lipinski definition) is 4. The van der Waals surface area contributed by atoms with Gasteiger partial charge < -0.3 is 9.73 Å². The molecule has 15 heavy (non-hydrogen) atoms. The van der Waals surface area contributed by atoms with Gasteiger partial charge in [-0.15, -0.1) is 0 Å². The topological polar surface area (TPSA) is 78.9 Å². The maximum Gasteiger partial charge on any atom is 0.237 e. The average molecular weight is 207 g/mol. The Morgan fingerprint density at radius 3 is 2.80 bits per heavy atom. The van der Waals surface area contributed by atoms with E-state index in [0.717, 1.165) is 0 Å². The van der Waals surface area contributed by atoms with Crippen molar-refractivity contribution >= 4 is 5.91 Å². The Labute approximate surface area is 88.1 Å². The van der Waals surface area contributed by atoms with Gasteiger partial charge in [-0.2, -0.15) is 5.26 Å². The molecule has 1 heterocycles. The van der Waals surface area contributed by atoms with Crippen LogP contribution < -0.4 is 5.32 Å². The summed E-state index contributed by atoms with van der Waals surface area (Å²) >= 11 is 0. The number of hydrogen-bond donors (Lipinski definition) is 1. The van der Waals surface area contributed by atoms with Gasteiger partial charge in [0.1, 0.15) is 17.7 Å². The summed E-state index contributed by atoms with van der Waals surface area (Å²) in [7, 11) is 0. The lowest BCUT2D eigenvalue weighted by atomic mass is 10.2. The lowest BCUT2D eigenvalue weighted by Gasteiger charge is -2.10. The van der Waals surface area contributed by atoms with E-state index in [9.17, 15) is 4.79 Å². The van der Waals surface area contributed by atoms with E-state index >= 15 is 0 Å².